The Labute approximate surface area is 157 Å². The summed E-state index contributed by atoms with van der Waals surface area (Å²) in [7, 11) is 0. The number of anilines is 1. The number of nitrogens with one attached hydrogen (secondary N) is 1. The number of nitrogen functional groups attached to an aromatic ring is 1. The second-order valence-electron chi connectivity index (χ2n) is 6.97. The van der Waals surface area contributed by atoms with Crippen molar-refractivity contribution in [2.45, 2.75) is 51.4 Å². The molecule has 2 rings (SSSR count). The summed E-state index contributed by atoms with van der Waals surface area (Å²) in [5, 5.41) is 2.92. The first-order chi connectivity index (χ1) is 12.8. The largest absolute Gasteiger partial charge is 0.383 e. The smallest absolute Gasteiger partial charge is 0.255 e. The molecule has 2 heterocycles. The number of unbranched alkanes of at least 4 members (excludes halogenated alkanes) is 7. The first-order valence-corrected chi connectivity index (χ1v) is 10.1. The van der Waals surface area contributed by atoms with E-state index in [0.717, 1.165) is 39.1 Å². The molecule has 3 N–H and O–H groups in total. The molecule has 0 bridgehead atoms. The van der Waals surface area contributed by atoms with Gasteiger partial charge in [0.25, 0.3) is 5.91 Å². The van der Waals surface area contributed by atoms with Crippen LogP contribution in [0, 0.1) is 0 Å². The van der Waals surface area contributed by atoms with Crippen LogP contribution in [0.2, 0.25) is 0 Å². The fourth-order valence-corrected chi connectivity index (χ4v) is 3.25. The molecular formula is C20H34N4O2. The molecule has 0 atom stereocenters. The molecule has 0 radical (unpaired) electrons. The van der Waals surface area contributed by atoms with Gasteiger partial charge in [-0.3, -0.25) is 9.69 Å². The second-order valence-corrected chi connectivity index (χ2v) is 6.97. The van der Waals surface area contributed by atoms with Gasteiger partial charge in [-0.25, -0.2) is 4.98 Å². The second kappa shape index (κ2) is 12.7. The SMILES string of the molecule is Nc1ncccc1C(=O)NCCCCCCCCCCN1CCOCC1. The molecule has 1 aliphatic heterocycles. The van der Waals surface area contributed by atoms with Gasteiger partial charge in [0.1, 0.15) is 5.82 Å². The minimum atomic E-state index is -0.129. The highest BCUT2D eigenvalue weighted by atomic mass is 16.5. The summed E-state index contributed by atoms with van der Waals surface area (Å²) in [6.45, 7) is 5.93. The Kier molecular flexibility index (Phi) is 10.1. The van der Waals surface area contributed by atoms with E-state index in [1.807, 2.05) is 0 Å². The number of hydrogen-bond acceptors (Lipinski definition) is 5. The number of nitrogens with two attached hydrogens (primary N) is 1. The molecule has 0 aliphatic carbocycles. The Morgan fingerprint density at radius 1 is 1.08 bits per heavy atom. The number of ether oxygens (including phenoxy) is 1. The van der Waals surface area contributed by atoms with Crippen molar-refractivity contribution in [3.05, 3.63) is 23.9 Å². The van der Waals surface area contributed by atoms with Crippen molar-refractivity contribution in [3.8, 4) is 0 Å². The van der Waals surface area contributed by atoms with Crippen molar-refractivity contribution in [1.82, 2.24) is 15.2 Å². The number of carbonyl (C=O) groups is 1. The van der Waals surface area contributed by atoms with Crippen molar-refractivity contribution in [1.29, 1.82) is 0 Å². The van der Waals surface area contributed by atoms with E-state index in [-0.39, 0.29) is 5.91 Å². The van der Waals surface area contributed by atoms with Crippen LogP contribution in [0.1, 0.15) is 61.7 Å². The molecular weight excluding hydrogens is 328 g/mol. The van der Waals surface area contributed by atoms with E-state index in [1.165, 1.54) is 45.1 Å². The summed E-state index contributed by atoms with van der Waals surface area (Å²) < 4.78 is 5.37. The minimum Gasteiger partial charge on any atom is -0.383 e. The van der Waals surface area contributed by atoms with Crippen LogP contribution in [0.5, 0.6) is 0 Å². The van der Waals surface area contributed by atoms with Crippen LogP contribution < -0.4 is 11.1 Å². The summed E-state index contributed by atoms with van der Waals surface area (Å²) in [5.41, 5.74) is 6.17. The fourth-order valence-electron chi connectivity index (χ4n) is 3.25. The molecule has 1 saturated heterocycles. The van der Waals surface area contributed by atoms with Crippen LogP contribution in [0.4, 0.5) is 5.82 Å². The summed E-state index contributed by atoms with van der Waals surface area (Å²) >= 11 is 0. The van der Waals surface area contributed by atoms with Crippen molar-refractivity contribution in [3.63, 3.8) is 0 Å². The Morgan fingerprint density at radius 2 is 1.73 bits per heavy atom. The van der Waals surface area contributed by atoms with E-state index >= 15 is 0 Å². The normalized spacial score (nSPS) is 15.1. The molecule has 1 amide bonds. The molecule has 1 fully saturated rings. The summed E-state index contributed by atoms with van der Waals surface area (Å²) in [6.07, 6.45) is 11.6. The van der Waals surface area contributed by atoms with Gasteiger partial charge in [-0.1, -0.05) is 38.5 Å². The molecule has 1 aliphatic rings. The number of morpholine rings is 1. The van der Waals surface area contributed by atoms with Gasteiger partial charge in [0.05, 0.1) is 18.8 Å². The zero-order valence-electron chi connectivity index (χ0n) is 15.9. The highest BCUT2D eigenvalue weighted by molar-refractivity contribution is 5.98. The van der Waals surface area contributed by atoms with Crippen LogP contribution >= 0.6 is 0 Å². The Morgan fingerprint density at radius 3 is 2.42 bits per heavy atom. The van der Waals surface area contributed by atoms with Gasteiger partial charge < -0.3 is 15.8 Å². The number of carbonyl (C=O) groups excluding carboxylic acids is 1. The maximum absolute atomic E-state index is 12.0. The molecule has 26 heavy (non-hydrogen) atoms. The zero-order chi connectivity index (χ0) is 18.5. The third-order valence-corrected chi connectivity index (χ3v) is 4.87. The standard InChI is InChI=1S/C20H34N4O2/c21-19-18(10-9-12-22-19)20(25)23-11-7-5-3-1-2-4-6-8-13-24-14-16-26-17-15-24/h9-10,12H,1-8,11,13-17H2,(H2,21,22)(H,23,25). The molecule has 6 heteroatoms. The molecule has 0 saturated carbocycles. The van der Waals surface area contributed by atoms with Gasteiger partial charge in [-0.2, -0.15) is 0 Å². The lowest BCUT2D eigenvalue weighted by Crippen LogP contribution is -2.36. The van der Waals surface area contributed by atoms with Gasteiger partial charge >= 0.3 is 0 Å². The maximum Gasteiger partial charge on any atom is 0.255 e. The Hall–Kier alpha value is -1.66. The summed E-state index contributed by atoms with van der Waals surface area (Å²) in [6, 6.07) is 3.43. The topological polar surface area (TPSA) is 80.5 Å². The summed E-state index contributed by atoms with van der Waals surface area (Å²) in [4.78, 5) is 18.4. The van der Waals surface area contributed by atoms with Crippen LogP contribution in [-0.4, -0.2) is 55.2 Å². The van der Waals surface area contributed by atoms with E-state index in [9.17, 15) is 4.79 Å². The number of hydrogen-bond donors (Lipinski definition) is 2. The molecule has 1 aromatic rings. The van der Waals surface area contributed by atoms with Crippen molar-refractivity contribution in [2.24, 2.45) is 0 Å². The van der Waals surface area contributed by atoms with E-state index in [2.05, 4.69) is 15.2 Å². The van der Waals surface area contributed by atoms with Crippen LogP contribution in [0.25, 0.3) is 0 Å². The predicted molar refractivity (Wildman–Crippen MR) is 105 cm³/mol. The number of pyridine rings is 1. The highest BCUT2D eigenvalue weighted by Crippen LogP contribution is 2.10. The Bertz CT molecular complexity index is 518. The average Bonchev–Trinajstić information content (AvgIpc) is 2.67. The van der Waals surface area contributed by atoms with E-state index in [4.69, 9.17) is 10.5 Å². The van der Waals surface area contributed by atoms with E-state index < -0.39 is 0 Å². The number of aromatic nitrogens is 1. The third kappa shape index (κ3) is 8.15. The molecule has 0 aromatic carbocycles. The molecule has 0 unspecified atom stereocenters. The molecule has 0 spiro atoms. The monoisotopic (exact) mass is 362 g/mol. The maximum atomic E-state index is 12.0. The first kappa shape index (κ1) is 20.6. The number of amides is 1. The van der Waals surface area contributed by atoms with Gasteiger partial charge in [0.15, 0.2) is 0 Å². The van der Waals surface area contributed by atoms with E-state index in [0.29, 0.717) is 17.9 Å². The van der Waals surface area contributed by atoms with E-state index in [1.54, 1.807) is 18.3 Å². The lowest BCUT2D eigenvalue weighted by atomic mass is 10.1. The number of rotatable bonds is 12. The van der Waals surface area contributed by atoms with Gasteiger partial charge in [-0.15, -0.1) is 0 Å². The molecule has 1 aromatic heterocycles. The van der Waals surface area contributed by atoms with Gasteiger partial charge in [0.2, 0.25) is 0 Å². The first-order valence-electron chi connectivity index (χ1n) is 10.1. The quantitative estimate of drug-likeness (QED) is 0.559. The fraction of sp³-hybridized carbons (Fsp3) is 0.700. The zero-order valence-corrected chi connectivity index (χ0v) is 15.9. The minimum absolute atomic E-state index is 0.129. The van der Waals surface area contributed by atoms with Crippen molar-refractivity contribution >= 4 is 11.7 Å². The van der Waals surface area contributed by atoms with Crippen LogP contribution in [0.15, 0.2) is 18.3 Å². The highest BCUT2D eigenvalue weighted by Gasteiger charge is 2.09. The lowest BCUT2D eigenvalue weighted by molar-refractivity contribution is 0.0371. The van der Waals surface area contributed by atoms with Crippen molar-refractivity contribution < 1.29 is 9.53 Å². The van der Waals surface area contributed by atoms with Crippen molar-refractivity contribution in [2.75, 3.05) is 45.1 Å². The van der Waals surface area contributed by atoms with Crippen LogP contribution in [0.3, 0.4) is 0 Å². The lowest BCUT2D eigenvalue weighted by Gasteiger charge is -2.26. The van der Waals surface area contributed by atoms with Crippen LogP contribution in [-0.2, 0) is 4.74 Å². The Balaban J connectivity index is 1.37. The summed E-state index contributed by atoms with van der Waals surface area (Å²) in [5.74, 6) is 0.162. The third-order valence-electron chi connectivity index (χ3n) is 4.87. The average molecular weight is 363 g/mol. The van der Waals surface area contributed by atoms with Gasteiger partial charge in [-0.05, 0) is 31.5 Å². The molecule has 6 nitrogen and oxygen atoms in total. The predicted octanol–water partition coefficient (Wildman–Crippen LogP) is 2.85. The number of nitrogens with zero attached hydrogens (tertiary/aromatic N) is 2. The van der Waals surface area contributed by atoms with Gasteiger partial charge in [0, 0.05) is 25.8 Å². The molecule has 146 valence electrons.